The molecule has 0 unspecified atom stereocenters. The molecular formula is C15H18N8. The Labute approximate surface area is 133 Å². The molecule has 1 fully saturated rings. The molecule has 8 nitrogen and oxygen atoms in total. The Morgan fingerprint density at radius 1 is 1.13 bits per heavy atom. The lowest BCUT2D eigenvalue weighted by molar-refractivity contribution is 0.483. The Kier molecular flexibility index (Phi) is 3.10. The predicted octanol–water partition coefficient (Wildman–Crippen LogP) is 0.856. The van der Waals surface area contributed by atoms with Crippen LogP contribution in [-0.4, -0.2) is 56.0 Å². The lowest BCUT2D eigenvalue weighted by Crippen LogP contribution is -2.59. The van der Waals surface area contributed by atoms with Crippen LogP contribution < -0.4 is 9.80 Å². The molecule has 3 aromatic heterocycles. The Morgan fingerprint density at radius 2 is 1.96 bits per heavy atom. The molecule has 23 heavy (non-hydrogen) atoms. The van der Waals surface area contributed by atoms with Gasteiger partial charge in [-0.15, -0.1) is 15.3 Å². The number of fused-ring (bicyclic) bond motifs is 1. The van der Waals surface area contributed by atoms with Crippen LogP contribution in [0.15, 0.2) is 24.4 Å². The molecule has 0 radical (unpaired) electrons. The van der Waals surface area contributed by atoms with E-state index < -0.39 is 0 Å². The van der Waals surface area contributed by atoms with Crippen molar-refractivity contribution < 1.29 is 0 Å². The molecule has 0 aromatic carbocycles. The van der Waals surface area contributed by atoms with E-state index >= 15 is 0 Å². The van der Waals surface area contributed by atoms with Gasteiger partial charge in [-0.1, -0.05) is 0 Å². The molecule has 1 saturated heterocycles. The van der Waals surface area contributed by atoms with Crippen molar-refractivity contribution >= 4 is 17.4 Å². The minimum Gasteiger partial charge on any atom is -0.351 e. The van der Waals surface area contributed by atoms with E-state index in [1.165, 1.54) is 0 Å². The van der Waals surface area contributed by atoms with Gasteiger partial charge in [-0.05, 0) is 32.0 Å². The summed E-state index contributed by atoms with van der Waals surface area (Å²) >= 11 is 0. The van der Waals surface area contributed by atoms with Gasteiger partial charge in [0.25, 0.3) is 0 Å². The summed E-state index contributed by atoms with van der Waals surface area (Å²) in [5.41, 5.74) is 1.75. The summed E-state index contributed by atoms with van der Waals surface area (Å²) in [6.07, 6.45) is 1.80. The maximum Gasteiger partial charge on any atom is 0.225 e. The first kappa shape index (κ1) is 13.9. The van der Waals surface area contributed by atoms with Crippen LogP contribution in [0, 0.1) is 13.8 Å². The third-order valence-electron chi connectivity index (χ3n) is 4.24. The van der Waals surface area contributed by atoms with Gasteiger partial charge in [0.05, 0.1) is 6.04 Å². The average molecular weight is 310 g/mol. The first-order valence-corrected chi connectivity index (χ1v) is 7.58. The highest BCUT2D eigenvalue weighted by atomic mass is 15.4. The molecule has 3 aromatic rings. The highest BCUT2D eigenvalue weighted by Gasteiger charge is 2.32. The van der Waals surface area contributed by atoms with E-state index in [0.717, 1.165) is 42.0 Å². The lowest BCUT2D eigenvalue weighted by atomic mass is 10.1. The highest BCUT2D eigenvalue weighted by molar-refractivity contribution is 5.49. The van der Waals surface area contributed by atoms with Gasteiger partial charge in [-0.25, -0.2) is 9.97 Å². The van der Waals surface area contributed by atoms with Crippen molar-refractivity contribution in [2.24, 2.45) is 0 Å². The second-order valence-corrected chi connectivity index (χ2v) is 5.88. The molecule has 0 amide bonds. The second-order valence-electron chi connectivity index (χ2n) is 5.88. The molecule has 0 aliphatic carbocycles. The van der Waals surface area contributed by atoms with Gasteiger partial charge in [0.2, 0.25) is 5.95 Å². The zero-order valence-corrected chi connectivity index (χ0v) is 13.4. The summed E-state index contributed by atoms with van der Waals surface area (Å²) in [6, 6.07) is 6.23. The fourth-order valence-corrected chi connectivity index (χ4v) is 2.71. The van der Waals surface area contributed by atoms with E-state index in [0.29, 0.717) is 6.04 Å². The van der Waals surface area contributed by atoms with Crippen LogP contribution in [0.2, 0.25) is 0 Å². The molecule has 8 heteroatoms. The van der Waals surface area contributed by atoms with Crippen LogP contribution >= 0.6 is 0 Å². The third-order valence-corrected chi connectivity index (χ3v) is 4.24. The molecule has 118 valence electrons. The van der Waals surface area contributed by atoms with Gasteiger partial charge in [-0.2, -0.15) is 4.52 Å². The molecule has 0 saturated carbocycles. The number of aryl methyl sites for hydroxylation is 2. The van der Waals surface area contributed by atoms with Crippen molar-refractivity contribution in [3.63, 3.8) is 0 Å². The first-order valence-electron chi connectivity index (χ1n) is 7.58. The van der Waals surface area contributed by atoms with Crippen molar-refractivity contribution in [2.45, 2.75) is 19.9 Å². The molecule has 0 N–H and O–H groups in total. The molecule has 4 rings (SSSR count). The molecule has 0 bridgehead atoms. The number of hydrogen-bond acceptors (Lipinski definition) is 7. The zero-order chi connectivity index (χ0) is 16.0. The fourth-order valence-electron chi connectivity index (χ4n) is 2.71. The normalized spacial score (nSPS) is 15.0. The van der Waals surface area contributed by atoms with Gasteiger partial charge in [0.15, 0.2) is 11.5 Å². The number of rotatable bonds is 3. The van der Waals surface area contributed by atoms with E-state index in [2.05, 4.69) is 35.1 Å². The fraction of sp³-hybridized carbons (Fsp3) is 0.400. The summed E-state index contributed by atoms with van der Waals surface area (Å²) in [4.78, 5) is 13.2. The minimum absolute atomic E-state index is 0.385. The van der Waals surface area contributed by atoms with Crippen LogP contribution in [-0.2, 0) is 0 Å². The van der Waals surface area contributed by atoms with Gasteiger partial charge < -0.3 is 9.80 Å². The number of anilines is 2. The average Bonchev–Trinajstić information content (AvgIpc) is 2.87. The monoisotopic (exact) mass is 310 g/mol. The minimum atomic E-state index is 0.385. The van der Waals surface area contributed by atoms with Gasteiger partial charge >= 0.3 is 0 Å². The number of aromatic nitrogens is 6. The maximum atomic E-state index is 4.61. The van der Waals surface area contributed by atoms with Gasteiger partial charge in [-0.3, -0.25) is 0 Å². The third kappa shape index (κ3) is 2.36. The van der Waals surface area contributed by atoms with Crippen LogP contribution in [0.5, 0.6) is 0 Å². The van der Waals surface area contributed by atoms with Crippen LogP contribution in [0.1, 0.15) is 11.5 Å². The predicted molar refractivity (Wildman–Crippen MR) is 86.7 cm³/mol. The standard InChI is InChI=1S/C15H18N8/c1-10-6-7-16-15(17-10)21(3)12-8-22(9-12)14-5-4-13-19-18-11(2)23(13)20-14/h4-7,12H,8-9H2,1-3H3. The van der Waals surface area contributed by atoms with Crippen molar-refractivity contribution in [2.75, 3.05) is 29.9 Å². The summed E-state index contributed by atoms with van der Waals surface area (Å²) in [6.45, 7) is 5.67. The molecule has 1 aliphatic heterocycles. The van der Waals surface area contributed by atoms with E-state index in [9.17, 15) is 0 Å². The quantitative estimate of drug-likeness (QED) is 0.710. The zero-order valence-electron chi connectivity index (χ0n) is 13.4. The van der Waals surface area contributed by atoms with Crippen molar-refractivity contribution in [3.05, 3.63) is 35.9 Å². The smallest absolute Gasteiger partial charge is 0.225 e. The van der Waals surface area contributed by atoms with E-state index in [1.54, 1.807) is 10.7 Å². The number of nitrogens with zero attached hydrogens (tertiary/aromatic N) is 8. The summed E-state index contributed by atoms with van der Waals surface area (Å²) in [5, 5.41) is 12.7. The Balaban J connectivity index is 1.48. The van der Waals surface area contributed by atoms with Crippen LogP contribution in [0.25, 0.3) is 5.65 Å². The topological polar surface area (TPSA) is 75.3 Å². The Morgan fingerprint density at radius 3 is 2.74 bits per heavy atom. The van der Waals surface area contributed by atoms with Crippen LogP contribution in [0.3, 0.4) is 0 Å². The maximum absolute atomic E-state index is 4.61. The number of hydrogen-bond donors (Lipinski definition) is 0. The summed E-state index contributed by atoms with van der Waals surface area (Å²) in [7, 11) is 2.04. The molecule has 1 aliphatic rings. The van der Waals surface area contributed by atoms with Gasteiger partial charge in [0.1, 0.15) is 5.82 Å². The molecule has 0 atom stereocenters. The molecule has 4 heterocycles. The Bertz CT molecular complexity index is 852. The van der Waals surface area contributed by atoms with Crippen molar-refractivity contribution in [1.29, 1.82) is 0 Å². The van der Waals surface area contributed by atoms with E-state index in [4.69, 9.17) is 0 Å². The van der Waals surface area contributed by atoms with Gasteiger partial charge in [0, 0.05) is 32.0 Å². The van der Waals surface area contributed by atoms with Crippen molar-refractivity contribution in [1.82, 2.24) is 29.8 Å². The van der Waals surface area contributed by atoms with Crippen LogP contribution in [0.4, 0.5) is 11.8 Å². The Hall–Kier alpha value is -2.77. The molecular weight excluding hydrogens is 292 g/mol. The SMILES string of the molecule is Cc1ccnc(N(C)C2CN(c3ccc4nnc(C)n4n3)C2)n1. The van der Waals surface area contributed by atoms with E-state index in [1.807, 2.05) is 39.1 Å². The number of likely N-dealkylation sites (N-methyl/N-ethyl adjacent to an activating group) is 1. The highest BCUT2D eigenvalue weighted by Crippen LogP contribution is 2.23. The lowest BCUT2D eigenvalue weighted by Gasteiger charge is -2.44. The summed E-state index contributed by atoms with van der Waals surface area (Å²) < 4.78 is 1.77. The van der Waals surface area contributed by atoms with E-state index in [-0.39, 0.29) is 0 Å². The largest absolute Gasteiger partial charge is 0.351 e. The molecule has 0 spiro atoms. The summed E-state index contributed by atoms with van der Waals surface area (Å²) in [5.74, 6) is 2.51. The van der Waals surface area contributed by atoms with Crippen molar-refractivity contribution in [3.8, 4) is 0 Å². The first-order chi connectivity index (χ1) is 11.1. The second kappa shape index (κ2) is 5.15.